The molecule has 0 saturated heterocycles. The third-order valence-electron chi connectivity index (χ3n) is 3.35. The van der Waals surface area contributed by atoms with E-state index < -0.39 is 11.5 Å². The Hall–Kier alpha value is -1.16. The van der Waals surface area contributed by atoms with Gasteiger partial charge in [-0.25, -0.2) is 0 Å². The average molecular weight is 227 g/mol. The first-order chi connectivity index (χ1) is 7.46. The molecule has 1 fully saturated rings. The van der Waals surface area contributed by atoms with E-state index in [9.17, 15) is 8.78 Å². The van der Waals surface area contributed by atoms with Crippen LogP contribution in [-0.4, -0.2) is 10.6 Å². The second kappa shape index (κ2) is 3.70. The molecule has 0 heterocycles. The third kappa shape index (κ3) is 1.67. The molecule has 1 aliphatic carbocycles. The lowest BCUT2D eigenvalue weighted by molar-refractivity contribution is -0.0794. The summed E-state index contributed by atoms with van der Waals surface area (Å²) in [6, 6.07) is 5.01. The van der Waals surface area contributed by atoms with Crippen molar-refractivity contribution in [3.8, 4) is 5.75 Å². The Morgan fingerprint density at radius 2 is 1.62 bits per heavy atom. The number of benzene rings is 1. The number of alkyl halides is 2. The van der Waals surface area contributed by atoms with E-state index in [0.717, 1.165) is 12.8 Å². The molecule has 1 aromatic rings. The highest BCUT2D eigenvalue weighted by molar-refractivity contribution is 5.31. The van der Waals surface area contributed by atoms with Crippen LogP contribution < -0.4 is 5.73 Å². The average Bonchev–Trinajstić information content (AvgIpc) is 2.67. The van der Waals surface area contributed by atoms with Crippen molar-refractivity contribution in [3.05, 3.63) is 29.8 Å². The van der Waals surface area contributed by atoms with Crippen LogP contribution in [0.4, 0.5) is 8.78 Å². The van der Waals surface area contributed by atoms with Gasteiger partial charge in [-0.1, -0.05) is 12.8 Å². The maximum atomic E-state index is 14.2. The second-order valence-electron chi connectivity index (χ2n) is 4.48. The summed E-state index contributed by atoms with van der Waals surface area (Å²) in [4.78, 5) is 0. The fourth-order valence-electron chi connectivity index (χ4n) is 2.28. The predicted molar refractivity (Wildman–Crippen MR) is 57.4 cm³/mol. The Balaban J connectivity index is 2.34. The summed E-state index contributed by atoms with van der Waals surface area (Å²) in [5.41, 5.74) is 4.25. The Bertz CT molecular complexity index is 369. The van der Waals surface area contributed by atoms with Crippen LogP contribution in [-0.2, 0) is 5.92 Å². The van der Waals surface area contributed by atoms with E-state index in [4.69, 9.17) is 10.8 Å². The van der Waals surface area contributed by atoms with Gasteiger partial charge in [0, 0.05) is 5.56 Å². The zero-order valence-corrected chi connectivity index (χ0v) is 8.92. The standard InChI is InChI=1S/C12H15F2NO/c13-12(14,11(15)7-1-2-8-11)9-3-5-10(16)6-4-9/h3-6,16H,1-2,7-8,15H2. The molecule has 16 heavy (non-hydrogen) atoms. The van der Waals surface area contributed by atoms with Crippen LogP contribution >= 0.6 is 0 Å². The summed E-state index contributed by atoms with van der Waals surface area (Å²) in [6.45, 7) is 0. The molecular formula is C12H15F2NO. The highest BCUT2D eigenvalue weighted by Gasteiger charge is 2.53. The Labute approximate surface area is 93.1 Å². The van der Waals surface area contributed by atoms with Crippen molar-refractivity contribution in [2.24, 2.45) is 5.73 Å². The van der Waals surface area contributed by atoms with Gasteiger partial charge in [-0.05, 0) is 37.1 Å². The van der Waals surface area contributed by atoms with E-state index in [-0.39, 0.29) is 11.3 Å². The maximum absolute atomic E-state index is 14.2. The van der Waals surface area contributed by atoms with Crippen molar-refractivity contribution in [1.29, 1.82) is 0 Å². The zero-order valence-electron chi connectivity index (χ0n) is 8.92. The van der Waals surface area contributed by atoms with Crippen LogP contribution in [0.3, 0.4) is 0 Å². The predicted octanol–water partition coefficient (Wildman–Crippen LogP) is 2.76. The van der Waals surface area contributed by atoms with Gasteiger partial charge in [-0.3, -0.25) is 0 Å². The van der Waals surface area contributed by atoms with Crippen LogP contribution in [0.15, 0.2) is 24.3 Å². The summed E-state index contributed by atoms with van der Waals surface area (Å²) in [5.74, 6) is -3.05. The SMILES string of the molecule is NC1(C(F)(F)c2ccc(O)cc2)CCCC1. The molecule has 4 heteroatoms. The molecule has 0 amide bonds. The minimum Gasteiger partial charge on any atom is -0.508 e. The molecule has 1 saturated carbocycles. The van der Waals surface area contributed by atoms with E-state index in [0.29, 0.717) is 12.8 Å². The molecule has 0 aromatic heterocycles. The van der Waals surface area contributed by atoms with E-state index in [1.165, 1.54) is 24.3 Å². The Morgan fingerprint density at radius 1 is 1.12 bits per heavy atom. The minimum atomic E-state index is -3.03. The van der Waals surface area contributed by atoms with Crippen molar-refractivity contribution in [2.75, 3.05) is 0 Å². The fraction of sp³-hybridized carbons (Fsp3) is 0.500. The van der Waals surface area contributed by atoms with Gasteiger partial charge < -0.3 is 10.8 Å². The van der Waals surface area contributed by atoms with Gasteiger partial charge in [0.05, 0.1) is 5.54 Å². The van der Waals surface area contributed by atoms with Crippen LogP contribution in [0, 0.1) is 0 Å². The van der Waals surface area contributed by atoms with Gasteiger partial charge in [0.1, 0.15) is 5.75 Å². The van der Waals surface area contributed by atoms with Gasteiger partial charge in [0.2, 0.25) is 0 Å². The second-order valence-corrected chi connectivity index (χ2v) is 4.48. The van der Waals surface area contributed by atoms with Crippen LogP contribution in [0.25, 0.3) is 0 Å². The molecule has 0 unspecified atom stereocenters. The molecule has 1 aliphatic rings. The number of nitrogens with two attached hydrogens (primary N) is 1. The highest BCUT2D eigenvalue weighted by Crippen LogP contribution is 2.46. The monoisotopic (exact) mass is 227 g/mol. The van der Waals surface area contributed by atoms with Crippen LogP contribution in [0.1, 0.15) is 31.2 Å². The molecule has 0 spiro atoms. The van der Waals surface area contributed by atoms with Crippen molar-refractivity contribution >= 4 is 0 Å². The van der Waals surface area contributed by atoms with Gasteiger partial charge >= 0.3 is 0 Å². The fourth-order valence-corrected chi connectivity index (χ4v) is 2.28. The summed E-state index contributed by atoms with van der Waals surface area (Å²) < 4.78 is 28.3. The van der Waals surface area contributed by atoms with Gasteiger partial charge in [0.25, 0.3) is 5.92 Å². The van der Waals surface area contributed by atoms with Crippen LogP contribution in [0.5, 0.6) is 5.75 Å². The van der Waals surface area contributed by atoms with E-state index in [1.54, 1.807) is 0 Å². The topological polar surface area (TPSA) is 46.2 Å². The molecule has 0 aliphatic heterocycles. The van der Waals surface area contributed by atoms with E-state index >= 15 is 0 Å². The Morgan fingerprint density at radius 3 is 2.12 bits per heavy atom. The van der Waals surface area contributed by atoms with Gasteiger partial charge in [-0.15, -0.1) is 0 Å². The maximum Gasteiger partial charge on any atom is 0.290 e. The summed E-state index contributed by atoms with van der Waals surface area (Å²) in [7, 11) is 0. The van der Waals surface area contributed by atoms with E-state index in [1.807, 2.05) is 0 Å². The first kappa shape index (κ1) is 11.3. The number of phenolic OH excluding ortho intramolecular Hbond substituents is 1. The smallest absolute Gasteiger partial charge is 0.290 e. The van der Waals surface area contributed by atoms with Gasteiger partial charge in [0.15, 0.2) is 0 Å². The van der Waals surface area contributed by atoms with Gasteiger partial charge in [-0.2, -0.15) is 8.78 Å². The normalized spacial score (nSPS) is 19.9. The minimum absolute atomic E-state index is 0.0166. The zero-order chi connectivity index (χ0) is 11.8. The lowest BCUT2D eigenvalue weighted by Crippen LogP contribution is -2.51. The molecule has 3 N–H and O–H groups in total. The molecule has 88 valence electrons. The number of rotatable bonds is 2. The van der Waals surface area contributed by atoms with Crippen LogP contribution in [0.2, 0.25) is 0 Å². The largest absolute Gasteiger partial charge is 0.508 e. The third-order valence-corrected chi connectivity index (χ3v) is 3.35. The Kier molecular flexibility index (Phi) is 2.62. The summed E-state index contributed by atoms with van der Waals surface area (Å²) >= 11 is 0. The number of phenols is 1. The molecule has 2 rings (SSSR count). The lowest BCUT2D eigenvalue weighted by Gasteiger charge is -2.33. The molecule has 1 aromatic carbocycles. The highest BCUT2D eigenvalue weighted by atomic mass is 19.3. The van der Waals surface area contributed by atoms with Crippen molar-refractivity contribution in [3.63, 3.8) is 0 Å². The summed E-state index contributed by atoms with van der Waals surface area (Å²) in [6.07, 6.45) is 2.20. The quantitative estimate of drug-likeness (QED) is 0.816. The molecular weight excluding hydrogens is 212 g/mol. The molecule has 2 nitrogen and oxygen atoms in total. The van der Waals surface area contributed by atoms with Crippen molar-refractivity contribution in [1.82, 2.24) is 0 Å². The number of aromatic hydroxyl groups is 1. The van der Waals surface area contributed by atoms with E-state index in [2.05, 4.69) is 0 Å². The number of halogens is 2. The first-order valence-electron chi connectivity index (χ1n) is 5.42. The number of hydrogen-bond donors (Lipinski definition) is 2. The molecule has 0 radical (unpaired) electrons. The number of hydrogen-bond acceptors (Lipinski definition) is 2. The molecule has 0 atom stereocenters. The van der Waals surface area contributed by atoms with Crippen molar-refractivity contribution in [2.45, 2.75) is 37.1 Å². The summed E-state index contributed by atoms with van der Waals surface area (Å²) in [5, 5.41) is 9.08. The molecule has 0 bridgehead atoms. The lowest BCUT2D eigenvalue weighted by atomic mass is 9.86. The first-order valence-corrected chi connectivity index (χ1v) is 5.42. The van der Waals surface area contributed by atoms with Crippen molar-refractivity contribution < 1.29 is 13.9 Å².